The third-order valence-electron chi connectivity index (χ3n) is 3.27. The van der Waals surface area contributed by atoms with E-state index in [1.165, 1.54) is 23.7 Å². The highest BCUT2D eigenvalue weighted by molar-refractivity contribution is 8.01. The van der Waals surface area contributed by atoms with Gasteiger partial charge in [-0.15, -0.1) is 15.3 Å². The lowest BCUT2D eigenvalue weighted by molar-refractivity contribution is -0.111. The molecule has 0 bridgehead atoms. The Morgan fingerprint density at radius 2 is 2.31 bits per heavy atom. The number of carbonyl (C=O) groups is 1. The Kier molecular flexibility index (Phi) is 6.45. The average Bonchev–Trinajstić information content (AvgIpc) is 3.33. The van der Waals surface area contributed by atoms with Crippen molar-refractivity contribution in [2.75, 3.05) is 11.1 Å². The third-order valence-corrected chi connectivity index (χ3v) is 5.33. The highest BCUT2D eigenvalue weighted by Gasteiger charge is 2.06. The molecule has 0 unspecified atom stereocenters. The molecule has 0 radical (unpaired) electrons. The number of carbonyl (C=O) groups excluding carboxylic acids is 1. The van der Waals surface area contributed by atoms with E-state index in [1.54, 1.807) is 22.5 Å². The van der Waals surface area contributed by atoms with Crippen molar-refractivity contribution in [1.82, 2.24) is 30.4 Å². The summed E-state index contributed by atoms with van der Waals surface area (Å²) < 4.78 is 2.42. The number of anilines is 1. The zero-order valence-corrected chi connectivity index (χ0v) is 15.7. The van der Waals surface area contributed by atoms with Gasteiger partial charge in [-0.1, -0.05) is 48.6 Å². The second-order valence-corrected chi connectivity index (χ2v) is 7.57. The molecule has 0 spiro atoms. The van der Waals surface area contributed by atoms with Crippen LogP contribution in [-0.2, 0) is 4.79 Å². The Morgan fingerprint density at radius 1 is 1.38 bits per heavy atom. The van der Waals surface area contributed by atoms with E-state index in [0.717, 1.165) is 34.2 Å². The second-order valence-electron chi connectivity index (χ2n) is 5.25. The van der Waals surface area contributed by atoms with E-state index in [-0.39, 0.29) is 5.91 Å². The van der Waals surface area contributed by atoms with Crippen molar-refractivity contribution in [2.45, 2.75) is 24.1 Å². The summed E-state index contributed by atoms with van der Waals surface area (Å²) in [6.07, 6.45) is 6.99. The third kappa shape index (κ3) is 5.20. The number of rotatable bonds is 8. The normalized spacial score (nSPS) is 11.1. The summed E-state index contributed by atoms with van der Waals surface area (Å²) in [5.74, 6) is 0.760. The number of amides is 1. The van der Waals surface area contributed by atoms with Gasteiger partial charge in [-0.2, -0.15) is 0 Å². The first kappa shape index (κ1) is 18.2. The van der Waals surface area contributed by atoms with Gasteiger partial charge in [0.25, 0.3) is 0 Å². The predicted molar refractivity (Wildman–Crippen MR) is 102 cm³/mol. The largest absolute Gasteiger partial charge is 0.297 e. The highest BCUT2D eigenvalue weighted by Crippen LogP contribution is 2.26. The van der Waals surface area contributed by atoms with Crippen molar-refractivity contribution in [3.8, 4) is 5.69 Å². The number of hydrogen-bond donors (Lipinski definition) is 1. The molecule has 1 aromatic carbocycles. The molecule has 0 aliphatic carbocycles. The zero-order valence-electron chi connectivity index (χ0n) is 14.1. The zero-order chi connectivity index (χ0) is 18.2. The Morgan fingerprint density at radius 3 is 3.12 bits per heavy atom. The van der Waals surface area contributed by atoms with Crippen LogP contribution in [0.4, 0.5) is 5.13 Å². The minimum atomic E-state index is -0.251. The Balaban J connectivity index is 1.57. The summed E-state index contributed by atoms with van der Waals surface area (Å²) in [5, 5.41) is 22.4. The molecule has 3 aromatic rings. The van der Waals surface area contributed by atoms with Crippen molar-refractivity contribution in [1.29, 1.82) is 0 Å². The average molecular weight is 387 g/mol. The first-order chi connectivity index (χ1) is 12.7. The van der Waals surface area contributed by atoms with Gasteiger partial charge in [0.1, 0.15) is 6.33 Å². The fourth-order valence-electron chi connectivity index (χ4n) is 1.99. The van der Waals surface area contributed by atoms with Crippen LogP contribution >= 0.6 is 23.1 Å². The molecular formula is C16H17N7OS2. The highest BCUT2D eigenvalue weighted by atomic mass is 32.2. The number of unbranched alkanes of at least 4 members (excludes halogenated alkanes) is 1. The van der Waals surface area contributed by atoms with Crippen LogP contribution in [0.15, 0.2) is 41.0 Å². The van der Waals surface area contributed by atoms with E-state index >= 15 is 0 Å². The summed E-state index contributed by atoms with van der Waals surface area (Å²) in [7, 11) is 0. The van der Waals surface area contributed by atoms with Gasteiger partial charge in [-0.3, -0.25) is 10.1 Å². The monoisotopic (exact) mass is 387 g/mol. The topological polar surface area (TPSA) is 98.5 Å². The maximum absolute atomic E-state index is 12.1. The van der Waals surface area contributed by atoms with Crippen LogP contribution < -0.4 is 5.32 Å². The molecule has 0 saturated heterocycles. The molecule has 0 aliphatic heterocycles. The molecule has 10 heteroatoms. The molecular weight excluding hydrogens is 370 g/mol. The maximum Gasteiger partial charge on any atom is 0.250 e. The minimum Gasteiger partial charge on any atom is -0.297 e. The van der Waals surface area contributed by atoms with Crippen LogP contribution in [0.1, 0.15) is 25.3 Å². The van der Waals surface area contributed by atoms with E-state index in [1.807, 2.05) is 24.3 Å². The first-order valence-corrected chi connectivity index (χ1v) is 9.83. The second kappa shape index (κ2) is 9.20. The molecule has 2 heterocycles. The van der Waals surface area contributed by atoms with Crippen LogP contribution in [-0.4, -0.2) is 42.1 Å². The lowest BCUT2D eigenvalue weighted by Gasteiger charge is -2.00. The van der Waals surface area contributed by atoms with Gasteiger partial charge in [0.05, 0.1) is 5.69 Å². The Labute approximate surface area is 158 Å². The molecule has 3 rings (SSSR count). The predicted octanol–water partition coefficient (Wildman–Crippen LogP) is 3.06. The van der Waals surface area contributed by atoms with E-state index < -0.39 is 0 Å². The van der Waals surface area contributed by atoms with Gasteiger partial charge in [0.2, 0.25) is 11.0 Å². The molecule has 0 aliphatic rings. The van der Waals surface area contributed by atoms with Gasteiger partial charge in [0, 0.05) is 11.8 Å². The number of nitrogens with zero attached hydrogens (tertiary/aromatic N) is 6. The van der Waals surface area contributed by atoms with Crippen molar-refractivity contribution in [2.24, 2.45) is 0 Å². The van der Waals surface area contributed by atoms with Crippen molar-refractivity contribution in [3.63, 3.8) is 0 Å². The maximum atomic E-state index is 12.1. The molecule has 2 aromatic heterocycles. The lowest BCUT2D eigenvalue weighted by Crippen LogP contribution is -2.07. The molecule has 8 nitrogen and oxygen atoms in total. The van der Waals surface area contributed by atoms with E-state index in [9.17, 15) is 4.79 Å². The lowest BCUT2D eigenvalue weighted by atomic mass is 10.2. The van der Waals surface area contributed by atoms with E-state index in [0.29, 0.717) is 5.13 Å². The minimum absolute atomic E-state index is 0.251. The molecule has 26 heavy (non-hydrogen) atoms. The SMILES string of the molecule is CCCCSc1nnc(NC(=O)/C=C/c2cccc(-n3cnnn3)c2)s1. The Bertz CT molecular complexity index is 876. The van der Waals surface area contributed by atoms with Crippen LogP contribution in [0, 0.1) is 0 Å². The van der Waals surface area contributed by atoms with Gasteiger partial charge in [-0.05, 0) is 40.6 Å². The smallest absolute Gasteiger partial charge is 0.250 e. The summed E-state index contributed by atoms with van der Waals surface area (Å²) >= 11 is 3.04. The summed E-state index contributed by atoms with van der Waals surface area (Å²) in [5.41, 5.74) is 1.68. The molecule has 0 fully saturated rings. The van der Waals surface area contributed by atoms with Gasteiger partial charge >= 0.3 is 0 Å². The summed E-state index contributed by atoms with van der Waals surface area (Å²) in [4.78, 5) is 12.1. The van der Waals surface area contributed by atoms with Crippen LogP contribution in [0.25, 0.3) is 11.8 Å². The molecule has 1 amide bonds. The van der Waals surface area contributed by atoms with Crippen LogP contribution in [0.3, 0.4) is 0 Å². The van der Waals surface area contributed by atoms with Crippen LogP contribution in [0.5, 0.6) is 0 Å². The van der Waals surface area contributed by atoms with E-state index in [2.05, 4.69) is 38.0 Å². The molecule has 1 N–H and O–H groups in total. The molecule has 134 valence electrons. The fourth-order valence-corrected chi connectivity index (χ4v) is 3.90. The molecule has 0 saturated carbocycles. The van der Waals surface area contributed by atoms with Gasteiger partial charge in [-0.25, -0.2) is 4.68 Å². The quantitative estimate of drug-likeness (QED) is 0.274. The number of thioether (sulfide) groups is 1. The van der Waals surface area contributed by atoms with Crippen molar-refractivity contribution in [3.05, 3.63) is 42.2 Å². The summed E-state index contributed by atoms with van der Waals surface area (Å²) in [6.45, 7) is 2.15. The first-order valence-electron chi connectivity index (χ1n) is 8.03. The number of aromatic nitrogens is 6. The number of tetrazole rings is 1. The van der Waals surface area contributed by atoms with Gasteiger partial charge < -0.3 is 0 Å². The number of benzene rings is 1. The van der Waals surface area contributed by atoms with Crippen molar-refractivity contribution >= 4 is 40.2 Å². The standard InChI is InChI=1S/C16H17N7OS2/c1-2-3-9-25-16-20-19-15(26-16)18-14(24)8-7-12-5-4-6-13(10-12)23-11-17-21-22-23/h4-8,10-11H,2-3,9H2,1H3,(H,18,19,24)/b8-7+. The van der Waals surface area contributed by atoms with E-state index in [4.69, 9.17) is 0 Å². The Hall–Kier alpha value is -2.59. The van der Waals surface area contributed by atoms with Crippen LogP contribution in [0.2, 0.25) is 0 Å². The van der Waals surface area contributed by atoms with Gasteiger partial charge in [0.15, 0.2) is 4.34 Å². The number of hydrogen-bond acceptors (Lipinski definition) is 8. The fraction of sp³-hybridized carbons (Fsp3) is 0.250. The number of nitrogens with one attached hydrogen (secondary N) is 1. The van der Waals surface area contributed by atoms with Crippen molar-refractivity contribution < 1.29 is 4.79 Å². The summed E-state index contributed by atoms with van der Waals surface area (Å²) in [6, 6.07) is 7.53. The molecule has 0 atom stereocenters.